The molecule has 1 heterocycles. The van der Waals surface area contributed by atoms with Gasteiger partial charge in [-0.2, -0.15) is 11.8 Å². The van der Waals surface area contributed by atoms with Gasteiger partial charge >= 0.3 is 0 Å². The maximum Gasteiger partial charge on any atom is 0.0421 e. The first-order valence-electron chi connectivity index (χ1n) is 3.99. The minimum absolute atomic E-state index is 0.870. The van der Waals surface area contributed by atoms with Gasteiger partial charge in [-0.3, -0.25) is 4.99 Å². The molecule has 0 aliphatic carbocycles. The van der Waals surface area contributed by atoms with Crippen molar-refractivity contribution in [3.05, 3.63) is 0 Å². The van der Waals surface area contributed by atoms with Crippen molar-refractivity contribution < 1.29 is 0 Å². The average molecular weight is 157 g/mol. The minimum Gasteiger partial charge on any atom is -0.297 e. The van der Waals surface area contributed by atoms with Crippen LogP contribution in [0.1, 0.15) is 19.8 Å². The van der Waals surface area contributed by atoms with Crippen LogP contribution in [0.15, 0.2) is 4.99 Å². The zero-order valence-corrected chi connectivity index (χ0v) is 7.36. The van der Waals surface area contributed by atoms with E-state index in [9.17, 15) is 0 Å². The molecule has 10 heavy (non-hydrogen) atoms. The summed E-state index contributed by atoms with van der Waals surface area (Å²) in [5.74, 6) is 3.43. The van der Waals surface area contributed by atoms with Crippen LogP contribution in [0.4, 0.5) is 0 Å². The fourth-order valence-corrected chi connectivity index (χ4v) is 1.98. The van der Waals surface area contributed by atoms with Gasteiger partial charge in [0.05, 0.1) is 0 Å². The van der Waals surface area contributed by atoms with Crippen LogP contribution < -0.4 is 0 Å². The van der Waals surface area contributed by atoms with E-state index in [0.717, 1.165) is 12.5 Å². The summed E-state index contributed by atoms with van der Waals surface area (Å²) >= 11 is 2.04. The molecule has 1 unspecified atom stereocenters. The third-order valence-corrected chi connectivity index (χ3v) is 2.87. The molecule has 0 saturated heterocycles. The summed E-state index contributed by atoms with van der Waals surface area (Å²) in [6, 6.07) is 0. The maximum atomic E-state index is 4.27. The van der Waals surface area contributed by atoms with Crippen molar-refractivity contribution in [1.29, 1.82) is 0 Å². The number of aliphatic imine (C=N–C) groups is 1. The van der Waals surface area contributed by atoms with Crippen LogP contribution in [0.2, 0.25) is 0 Å². The van der Waals surface area contributed by atoms with Gasteiger partial charge in [0.25, 0.3) is 0 Å². The van der Waals surface area contributed by atoms with E-state index in [1.807, 2.05) is 11.8 Å². The van der Waals surface area contributed by atoms with Crippen molar-refractivity contribution in [2.45, 2.75) is 19.8 Å². The van der Waals surface area contributed by atoms with E-state index in [-0.39, 0.29) is 0 Å². The Kier molecular flexibility index (Phi) is 3.88. The van der Waals surface area contributed by atoms with Gasteiger partial charge in [0.15, 0.2) is 0 Å². The molecule has 0 amide bonds. The Morgan fingerprint density at radius 3 is 3.20 bits per heavy atom. The molecule has 1 nitrogen and oxygen atoms in total. The van der Waals surface area contributed by atoms with Gasteiger partial charge < -0.3 is 0 Å². The highest BCUT2D eigenvalue weighted by molar-refractivity contribution is 7.99. The van der Waals surface area contributed by atoms with Gasteiger partial charge in [-0.1, -0.05) is 6.92 Å². The second-order valence-corrected chi connectivity index (χ2v) is 3.97. The first-order valence-corrected chi connectivity index (χ1v) is 5.15. The molecule has 0 N–H and O–H groups in total. The Bertz CT molecular complexity index is 112. The van der Waals surface area contributed by atoms with Gasteiger partial charge in [-0.15, -0.1) is 0 Å². The number of thioether (sulfide) groups is 1. The standard InChI is InChI=1S/C8H15NS/c1-2-10-7-8-4-3-5-9-6-8/h5,8H,2-4,6-7H2,1H3. The van der Waals surface area contributed by atoms with Crippen molar-refractivity contribution in [3.8, 4) is 0 Å². The summed E-state index contributed by atoms with van der Waals surface area (Å²) in [7, 11) is 0. The SMILES string of the molecule is CCSCC1CCC=NC1. The Morgan fingerprint density at radius 1 is 1.70 bits per heavy atom. The normalized spacial score (nSPS) is 25.1. The van der Waals surface area contributed by atoms with Crippen molar-refractivity contribution in [3.63, 3.8) is 0 Å². The van der Waals surface area contributed by atoms with E-state index in [0.29, 0.717) is 0 Å². The summed E-state index contributed by atoms with van der Waals surface area (Å²) in [6.07, 6.45) is 4.62. The number of hydrogen-bond donors (Lipinski definition) is 0. The Morgan fingerprint density at radius 2 is 2.60 bits per heavy atom. The lowest BCUT2D eigenvalue weighted by Gasteiger charge is -2.15. The smallest absolute Gasteiger partial charge is 0.0421 e. The molecular formula is C8H15NS. The second-order valence-electron chi connectivity index (χ2n) is 2.65. The minimum atomic E-state index is 0.870. The van der Waals surface area contributed by atoms with Crippen LogP contribution in [0.3, 0.4) is 0 Å². The Hall–Kier alpha value is 0.0200. The summed E-state index contributed by atoms with van der Waals surface area (Å²) in [4.78, 5) is 4.27. The van der Waals surface area contributed by atoms with Crippen LogP contribution in [0.25, 0.3) is 0 Å². The van der Waals surface area contributed by atoms with Crippen molar-refractivity contribution >= 4 is 18.0 Å². The molecule has 1 rings (SSSR count). The summed E-state index contributed by atoms with van der Waals surface area (Å²) in [5.41, 5.74) is 0. The van der Waals surface area contributed by atoms with Crippen LogP contribution in [-0.2, 0) is 0 Å². The quantitative estimate of drug-likeness (QED) is 0.612. The first kappa shape index (κ1) is 8.12. The number of nitrogens with zero attached hydrogens (tertiary/aromatic N) is 1. The lowest BCUT2D eigenvalue weighted by Crippen LogP contribution is -2.12. The highest BCUT2D eigenvalue weighted by atomic mass is 32.2. The van der Waals surface area contributed by atoms with Crippen LogP contribution in [-0.4, -0.2) is 24.3 Å². The van der Waals surface area contributed by atoms with Gasteiger partial charge in [-0.25, -0.2) is 0 Å². The predicted octanol–water partition coefficient (Wildman–Crippen LogP) is 2.22. The second kappa shape index (κ2) is 4.78. The number of rotatable bonds is 3. The summed E-state index contributed by atoms with van der Waals surface area (Å²) in [5, 5.41) is 0. The van der Waals surface area contributed by atoms with Crippen LogP contribution in [0, 0.1) is 5.92 Å². The summed E-state index contributed by atoms with van der Waals surface area (Å²) in [6.45, 7) is 3.30. The molecule has 0 aromatic rings. The highest BCUT2D eigenvalue weighted by Crippen LogP contribution is 2.16. The van der Waals surface area contributed by atoms with E-state index in [1.165, 1.54) is 24.3 Å². The zero-order valence-electron chi connectivity index (χ0n) is 6.55. The van der Waals surface area contributed by atoms with Crippen molar-refractivity contribution in [2.75, 3.05) is 18.1 Å². The Labute approximate surface area is 67.3 Å². The molecule has 0 aromatic carbocycles. The molecule has 2 heteroatoms. The third-order valence-electron chi connectivity index (χ3n) is 1.75. The topological polar surface area (TPSA) is 12.4 Å². The molecule has 0 aromatic heterocycles. The van der Waals surface area contributed by atoms with Crippen LogP contribution in [0.5, 0.6) is 0 Å². The molecule has 0 saturated carbocycles. The third kappa shape index (κ3) is 2.74. The predicted molar refractivity (Wildman–Crippen MR) is 49.1 cm³/mol. The maximum absolute atomic E-state index is 4.27. The molecule has 1 aliphatic heterocycles. The first-order chi connectivity index (χ1) is 4.93. The zero-order chi connectivity index (χ0) is 7.23. The number of hydrogen-bond acceptors (Lipinski definition) is 2. The molecule has 1 atom stereocenters. The van der Waals surface area contributed by atoms with E-state index in [2.05, 4.69) is 18.1 Å². The fourth-order valence-electron chi connectivity index (χ4n) is 1.14. The highest BCUT2D eigenvalue weighted by Gasteiger charge is 2.09. The van der Waals surface area contributed by atoms with Gasteiger partial charge in [0.1, 0.15) is 0 Å². The van der Waals surface area contributed by atoms with E-state index in [1.54, 1.807) is 0 Å². The molecule has 0 spiro atoms. The summed E-state index contributed by atoms with van der Waals surface area (Å²) < 4.78 is 0. The average Bonchev–Trinajstić information content (AvgIpc) is 2.03. The monoisotopic (exact) mass is 157 g/mol. The van der Waals surface area contributed by atoms with Gasteiger partial charge in [0.2, 0.25) is 0 Å². The molecule has 1 aliphatic rings. The lowest BCUT2D eigenvalue weighted by atomic mass is 10.0. The van der Waals surface area contributed by atoms with Crippen molar-refractivity contribution in [1.82, 2.24) is 0 Å². The van der Waals surface area contributed by atoms with Crippen molar-refractivity contribution in [2.24, 2.45) is 10.9 Å². The molecule has 0 bridgehead atoms. The van der Waals surface area contributed by atoms with E-state index < -0.39 is 0 Å². The molecule has 58 valence electrons. The largest absolute Gasteiger partial charge is 0.297 e. The fraction of sp³-hybridized carbons (Fsp3) is 0.875. The van der Waals surface area contributed by atoms with E-state index in [4.69, 9.17) is 0 Å². The van der Waals surface area contributed by atoms with Gasteiger partial charge in [-0.05, 0) is 36.5 Å². The molecule has 0 radical (unpaired) electrons. The van der Waals surface area contributed by atoms with Crippen LogP contribution >= 0.6 is 11.8 Å². The Balaban J connectivity index is 2.10. The molecular weight excluding hydrogens is 142 g/mol. The lowest BCUT2D eigenvalue weighted by molar-refractivity contribution is 0.552. The van der Waals surface area contributed by atoms with Gasteiger partial charge in [0, 0.05) is 6.54 Å². The molecule has 0 fully saturated rings. The van der Waals surface area contributed by atoms with E-state index >= 15 is 0 Å².